The fourth-order valence-electron chi connectivity index (χ4n) is 3.70. The third-order valence-corrected chi connectivity index (χ3v) is 4.84. The molecule has 0 amide bonds. The van der Waals surface area contributed by atoms with Crippen molar-refractivity contribution in [2.45, 2.75) is 44.6 Å². The first-order valence-electron chi connectivity index (χ1n) is 8.55. The van der Waals surface area contributed by atoms with Crippen molar-refractivity contribution in [3.8, 4) is 5.75 Å². The standard InChI is InChI=1S/C18H28N2O/c1-2-10-19-13-16-6-5-11-20(16)14-15-9-12-21-18-8-4-3-7-17(15)18/h3-4,7-8,15-16,19H,2,5-6,9-14H2,1H3. The van der Waals surface area contributed by atoms with E-state index >= 15 is 0 Å². The maximum atomic E-state index is 5.79. The van der Waals surface area contributed by atoms with Crippen LogP contribution in [0.4, 0.5) is 0 Å². The molecule has 1 aromatic rings. The van der Waals surface area contributed by atoms with Gasteiger partial charge in [0.25, 0.3) is 0 Å². The van der Waals surface area contributed by atoms with Crippen LogP contribution in [-0.4, -0.2) is 43.7 Å². The van der Waals surface area contributed by atoms with Crippen LogP contribution in [0.25, 0.3) is 0 Å². The molecule has 3 heteroatoms. The average molecular weight is 288 g/mol. The van der Waals surface area contributed by atoms with Crippen LogP contribution in [0.2, 0.25) is 0 Å². The lowest BCUT2D eigenvalue weighted by Gasteiger charge is -2.32. The molecule has 2 aliphatic heterocycles. The van der Waals surface area contributed by atoms with Gasteiger partial charge >= 0.3 is 0 Å². The molecule has 2 unspecified atom stereocenters. The fourth-order valence-corrected chi connectivity index (χ4v) is 3.70. The maximum absolute atomic E-state index is 5.79. The van der Waals surface area contributed by atoms with Crippen LogP contribution < -0.4 is 10.1 Å². The summed E-state index contributed by atoms with van der Waals surface area (Å²) in [6.07, 6.45) is 5.08. The van der Waals surface area contributed by atoms with Gasteiger partial charge in [-0.05, 0) is 50.4 Å². The second kappa shape index (κ2) is 7.28. The summed E-state index contributed by atoms with van der Waals surface area (Å²) in [4.78, 5) is 2.70. The Bertz CT molecular complexity index is 449. The number of para-hydroxylation sites is 1. The number of nitrogens with zero attached hydrogens (tertiary/aromatic N) is 1. The largest absolute Gasteiger partial charge is 0.493 e. The SMILES string of the molecule is CCCNCC1CCCN1CC1CCOc2ccccc21. The quantitative estimate of drug-likeness (QED) is 0.814. The molecular weight excluding hydrogens is 260 g/mol. The molecule has 1 aromatic carbocycles. The first-order chi connectivity index (χ1) is 10.4. The first kappa shape index (κ1) is 14.9. The minimum atomic E-state index is 0.640. The summed E-state index contributed by atoms with van der Waals surface area (Å²) in [6.45, 7) is 7.85. The molecule has 1 N–H and O–H groups in total. The molecule has 0 saturated carbocycles. The van der Waals surface area contributed by atoms with E-state index in [1.54, 1.807) is 0 Å². The van der Waals surface area contributed by atoms with Gasteiger partial charge in [0.05, 0.1) is 6.61 Å². The van der Waals surface area contributed by atoms with Crippen molar-refractivity contribution in [1.82, 2.24) is 10.2 Å². The second-order valence-electron chi connectivity index (χ2n) is 6.37. The molecule has 0 aromatic heterocycles. The van der Waals surface area contributed by atoms with Gasteiger partial charge in [0, 0.05) is 25.0 Å². The predicted molar refractivity (Wildman–Crippen MR) is 87.1 cm³/mol. The Morgan fingerprint density at radius 3 is 3.10 bits per heavy atom. The van der Waals surface area contributed by atoms with Crippen molar-refractivity contribution in [3.05, 3.63) is 29.8 Å². The highest BCUT2D eigenvalue weighted by Crippen LogP contribution is 2.35. The lowest BCUT2D eigenvalue weighted by Crippen LogP contribution is -2.40. The predicted octanol–water partition coefficient (Wildman–Crippen LogP) is 3.02. The Morgan fingerprint density at radius 1 is 1.29 bits per heavy atom. The first-order valence-corrected chi connectivity index (χ1v) is 8.55. The summed E-state index contributed by atoms with van der Waals surface area (Å²) in [5, 5.41) is 3.60. The molecule has 0 bridgehead atoms. The van der Waals surface area contributed by atoms with Gasteiger partial charge in [-0.1, -0.05) is 25.1 Å². The van der Waals surface area contributed by atoms with E-state index in [1.165, 1.54) is 37.9 Å². The Kier molecular flexibility index (Phi) is 5.15. The zero-order valence-corrected chi connectivity index (χ0v) is 13.2. The number of hydrogen-bond acceptors (Lipinski definition) is 3. The van der Waals surface area contributed by atoms with Crippen LogP contribution in [0, 0.1) is 0 Å². The Labute approximate surface area is 128 Å². The number of rotatable bonds is 6. The van der Waals surface area contributed by atoms with Crippen LogP contribution in [0.3, 0.4) is 0 Å². The van der Waals surface area contributed by atoms with Crippen LogP contribution in [0.1, 0.15) is 44.1 Å². The van der Waals surface area contributed by atoms with Crippen LogP contribution in [0.5, 0.6) is 5.75 Å². The highest BCUT2D eigenvalue weighted by atomic mass is 16.5. The molecule has 21 heavy (non-hydrogen) atoms. The number of fused-ring (bicyclic) bond motifs is 1. The third kappa shape index (κ3) is 3.58. The Morgan fingerprint density at radius 2 is 2.19 bits per heavy atom. The van der Waals surface area contributed by atoms with E-state index in [9.17, 15) is 0 Å². The summed E-state index contributed by atoms with van der Waals surface area (Å²) in [5.74, 6) is 1.75. The second-order valence-corrected chi connectivity index (χ2v) is 6.37. The normalized spacial score (nSPS) is 25.6. The summed E-state index contributed by atoms with van der Waals surface area (Å²) in [6, 6.07) is 9.32. The van der Waals surface area contributed by atoms with E-state index in [0.717, 1.165) is 37.9 Å². The molecule has 3 rings (SSSR count). The van der Waals surface area contributed by atoms with Gasteiger partial charge in [0.15, 0.2) is 0 Å². The van der Waals surface area contributed by atoms with Gasteiger partial charge in [0.2, 0.25) is 0 Å². The highest BCUT2D eigenvalue weighted by Gasteiger charge is 2.29. The van der Waals surface area contributed by atoms with E-state index in [-0.39, 0.29) is 0 Å². The lowest BCUT2D eigenvalue weighted by atomic mass is 9.92. The Balaban J connectivity index is 1.61. The molecule has 0 aliphatic carbocycles. The van der Waals surface area contributed by atoms with E-state index in [1.807, 2.05) is 0 Å². The summed E-state index contributed by atoms with van der Waals surface area (Å²) in [5.41, 5.74) is 1.41. The van der Waals surface area contributed by atoms with Gasteiger partial charge in [-0.15, -0.1) is 0 Å². The number of ether oxygens (including phenoxy) is 1. The minimum Gasteiger partial charge on any atom is -0.493 e. The van der Waals surface area contributed by atoms with Gasteiger partial charge in [-0.3, -0.25) is 4.90 Å². The number of benzene rings is 1. The molecule has 2 aliphatic rings. The maximum Gasteiger partial charge on any atom is 0.122 e. The number of hydrogen-bond donors (Lipinski definition) is 1. The zero-order chi connectivity index (χ0) is 14.5. The number of nitrogens with one attached hydrogen (secondary N) is 1. The van der Waals surface area contributed by atoms with Crippen molar-refractivity contribution in [2.75, 3.05) is 32.8 Å². The minimum absolute atomic E-state index is 0.640. The van der Waals surface area contributed by atoms with Crippen molar-refractivity contribution < 1.29 is 4.74 Å². The van der Waals surface area contributed by atoms with E-state index < -0.39 is 0 Å². The average Bonchev–Trinajstić information content (AvgIpc) is 2.95. The molecule has 0 spiro atoms. The van der Waals surface area contributed by atoms with E-state index in [2.05, 4.69) is 41.4 Å². The molecular formula is C18H28N2O. The van der Waals surface area contributed by atoms with Gasteiger partial charge < -0.3 is 10.1 Å². The molecule has 1 saturated heterocycles. The van der Waals surface area contributed by atoms with Crippen molar-refractivity contribution in [3.63, 3.8) is 0 Å². The summed E-state index contributed by atoms with van der Waals surface area (Å²) >= 11 is 0. The van der Waals surface area contributed by atoms with E-state index in [0.29, 0.717) is 5.92 Å². The zero-order valence-electron chi connectivity index (χ0n) is 13.2. The van der Waals surface area contributed by atoms with Gasteiger partial charge in [-0.2, -0.15) is 0 Å². The third-order valence-electron chi connectivity index (χ3n) is 4.84. The molecule has 2 atom stereocenters. The molecule has 116 valence electrons. The van der Waals surface area contributed by atoms with Crippen LogP contribution in [-0.2, 0) is 0 Å². The topological polar surface area (TPSA) is 24.5 Å². The monoisotopic (exact) mass is 288 g/mol. The smallest absolute Gasteiger partial charge is 0.122 e. The van der Waals surface area contributed by atoms with Crippen molar-refractivity contribution >= 4 is 0 Å². The molecule has 2 heterocycles. The Hall–Kier alpha value is -1.06. The van der Waals surface area contributed by atoms with Crippen molar-refractivity contribution in [2.24, 2.45) is 0 Å². The summed E-state index contributed by atoms with van der Waals surface area (Å²) in [7, 11) is 0. The van der Waals surface area contributed by atoms with Gasteiger partial charge in [-0.25, -0.2) is 0 Å². The van der Waals surface area contributed by atoms with Crippen LogP contribution in [0.15, 0.2) is 24.3 Å². The summed E-state index contributed by atoms with van der Waals surface area (Å²) < 4.78 is 5.79. The van der Waals surface area contributed by atoms with E-state index in [4.69, 9.17) is 4.74 Å². The molecule has 3 nitrogen and oxygen atoms in total. The molecule has 1 fully saturated rings. The highest BCUT2D eigenvalue weighted by molar-refractivity contribution is 5.38. The lowest BCUT2D eigenvalue weighted by molar-refractivity contribution is 0.198. The fraction of sp³-hybridized carbons (Fsp3) is 0.667. The van der Waals surface area contributed by atoms with Crippen LogP contribution >= 0.6 is 0 Å². The van der Waals surface area contributed by atoms with Crippen molar-refractivity contribution in [1.29, 1.82) is 0 Å². The molecule has 0 radical (unpaired) electrons. The number of likely N-dealkylation sites (tertiary alicyclic amines) is 1. The van der Waals surface area contributed by atoms with Gasteiger partial charge in [0.1, 0.15) is 5.75 Å².